The second-order valence-corrected chi connectivity index (χ2v) is 10.3. The van der Waals surface area contributed by atoms with E-state index in [1.807, 2.05) is 130 Å². The van der Waals surface area contributed by atoms with Crippen LogP contribution in [0.1, 0.15) is 52.0 Å². The first-order chi connectivity index (χ1) is 21.2. The van der Waals surface area contributed by atoms with E-state index in [1.54, 1.807) is 12.4 Å². The minimum atomic E-state index is -0.792. The van der Waals surface area contributed by atoms with Crippen molar-refractivity contribution in [3.63, 3.8) is 0 Å². The predicted molar refractivity (Wildman–Crippen MR) is 172 cm³/mol. The van der Waals surface area contributed by atoms with E-state index in [4.69, 9.17) is 7.16 Å². The Morgan fingerprint density at radius 1 is 0.651 bits per heavy atom. The van der Waals surface area contributed by atoms with E-state index in [0.29, 0.717) is 0 Å². The van der Waals surface area contributed by atoms with Gasteiger partial charge in [-0.1, -0.05) is 104 Å². The number of hydrogen-bond donors (Lipinski definition) is 0. The monoisotopic (exact) mass is 739 g/mol. The Labute approximate surface area is 269 Å². The topological polar surface area (TPSA) is 38.9 Å². The Bertz CT molecular complexity index is 2030. The molecule has 43 heavy (non-hydrogen) atoms. The van der Waals surface area contributed by atoms with Crippen LogP contribution in [-0.4, -0.2) is 9.97 Å². The molecular weight excluding hydrogens is 705 g/mol. The summed E-state index contributed by atoms with van der Waals surface area (Å²) in [4.78, 5) is 8.82. The maximum Gasteiger partial charge on any atom is 0.120 e. The Hall–Kier alpha value is -4.37. The van der Waals surface area contributed by atoms with E-state index >= 15 is 0 Å². The summed E-state index contributed by atoms with van der Waals surface area (Å²) in [7, 11) is 0. The van der Waals surface area contributed by atoms with Crippen LogP contribution in [0.5, 0.6) is 0 Å². The molecule has 1 atom stereocenters. The van der Waals surface area contributed by atoms with E-state index in [-0.39, 0.29) is 20.1 Å². The van der Waals surface area contributed by atoms with Crippen LogP contribution in [0, 0.1) is 12.1 Å². The van der Waals surface area contributed by atoms with Gasteiger partial charge in [-0.3, -0.25) is 0 Å². The molecule has 0 spiro atoms. The van der Waals surface area contributed by atoms with Crippen molar-refractivity contribution < 1.29 is 27.3 Å². The summed E-state index contributed by atoms with van der Waals surface area (Å²) in [5, 5.41) is 2.15. The van der Waals surface area contributed by atoms with Crippen molar-refractivity contribution in [2.45, 2.75) is 32.6 Å². The molecule has 4 heteroatoms. The molecule has 0 saturated carbocycles. The fourth-order valence-electron chi connectivity index (χ4n) is 4.98. The number of fused-ring (bicyclic) bond motifs is 3. The molecule has 3 heterocycles. The quantitative estimate of drug-likeness (QED) is 0.165. The Morgan fingerprint density at radius 2 is 1.40 bits per heavy atom. The van der Waals surface area contributed by atoms with E-state index in [9.17, 15) is 0 Å². The first-order valence-corrected chi connectivity index (χ1v) is 14.0. The third-order valence-corrected chi connectivity index (χ3v) is 7.31. The van der Waals surface area contributed by atoms with Gasteiger partial charge in [0.1, 0.15) is 5.58 Å². The summed E-state index contributed by atoms with van der Waals surface area (Å²) in [5.41, 5.74) is 7.91. The van der Waals surface area contributed by atoms with Crippen molar-refractivity contribution in [1.29, 1.82) is 0 Å². The largest absolute Gasteiger partial charge is 0.501 e. The number of nitrogens with zero attached hydrogens (tertiary/aromatic N) is 2. The van der Waals surface area contributed by atoms with E-state index in [1.165, 1.54) is 0 Å². The fraction of sp³-hybridized carbons (Fsp3) is 0.128. The van der Waals surface area contributed by atoms with E-state index < -0.39 is 11.8 Å². The average Bonchev–Trinajstić information content (AvgIpc) is 3.45. The molecule has 0 aliphatic rings. The number of hydrogen-bond acceptors (Lipinski definition) is 3. The molecule has 1 radical (unpaired) electrons. The second-order valence-electron chi connectivity index (χ2n) is 10.3. The third kappa shape index (κ3) is 6.67. The van der Waals surface area contributed by atoms with Gasteiger partial charge < -0.3 is 14.4 Å². The summed E-state index contributed by atoms with van der Waals surface area (Å²) in [6.07, 6.45) is 3.52. The zero-order valence-electron chi connectivity index (χ0n) is 26.3. The first-order valence-electron chi connectivity index (χ1n) is 15.0. The molecule has 0 saturated heterocycles. The minimum absolute atomic E-state index is 0. The van der Waals surface area contributed by atoms with Gasteiger partial charge in [0.15, 0.2) is 0 Å². The molecule has 0 amide bonds. The Kier molecular flexibility index (Phi) is 8.77. The number of furan rings is 1. The number of aromatic nitrogens is 2. The SMILES string of the molecule is [2H]C(C)(C)c1ccnc(-c2[c-]ccc3c2oc2ccccc23)c1.[2H]C(C)(c1ccccc1)c1cc[c-]c(-c2ccccn2)c1.[Ir]. The summed E-state index contributed by atoms with van der Waals surface area (Å²) >= 11 is 0. The molecule has 3 nitrogen and oxygen atoms in total. The van der Waals surface area contributed by atoms with Gasteiger partial charge in [0, 0.05) is 40.6 Å². The summed E-state index contributed by atoms with van der Waals surface area (Å²) < 4.78 is 23.0. The summed E-state index contributed by atoms with van der Waals surface area (Å²) in [6, 6.07) is 43.7. The maximum atomic E-state index is 8.73. The van der Waals surface area contributed by atoms with E-state index in [2.05, 4.69) is 28.2 Å². The molecule has 0 aliphatic heterocycles. The predicted octanol–water partition coefficient (Wildman–Crippen LogP) is 10.3. The first kappa shape index (κ1) is 27.5. The summed E-state index contributed by atoms with van der Waals surface area (Å²) in [6.45, 7) is 5.66. The Morgan fingerprint density at radius 3 is 2.19 bits per heavy atom. The summed E-state index contributed by atoms with van der Waals surface area (Å²) in [5.74, 6) is -1.46. The molecular formula is C39H32IrN2O-2. The van der Waals surface area contributed by atoms with Gasteiger partial charge in [-0.25, -0.2) is 0 Å². The van der Waals surface area contributed by atoms with Crippen molar-refractivity contribution >= 4 is 21.9 Å². The molecule has 215 valence electrons. The number of rotatable bonds is 5. The van der Waals surface area contributed by atoms with Crippen molar-refractivity contribution in [3.8, 4) is 22.5 Å². The zero-order valence-corrected chi connectivity index (χ0v) is 26.7. The van der Waals surface area contributed by atoms with Crippen molar-refractivity contribution in [2.24, 2.45) is 0 Å². The van der Waals surface area contributed by atoms with Crippen LogP contribution < -0.4 is 0 Å². The standard InChI is InChI=1S/C20H16NO.C19H16N.Ir/c1-13(2)14-10-11-21-18(12-14)17-8-5-7-16-15-6-3-4-9-19(15)22-20(16)17;1-15(16-8-3-2-4-9-16)17-10-7-11-18(14-17)19-12-5-6-13-20-19;/h3-7,9-13H,1-2H3;2-10,12-15H,1H3;/q2*-1;/i13D;15D;. The van der Waals surface area contributed by atoms with Crippen LogP contribution in [0.2, 0.25) is 0 Å². The van der Waals surface area contributed by atoms with Crippen molar-refractivity contribution in [3.05, 3.63) is 156 Å². The second kappa shape index (κ2) is 13.7. The molecule has 0 N–H and O–H groups in total. The van der Waals surface area contributed by atoms with Gasteiger partial charge in [0.2, 0.25) is 0 Å². The van der Waals surface area contributed by atoms with Gasteiger partial charge in [-0.2, -0.15) is 0 Å². The number of pyridine rings is 2. The molecule has 4 aromatic carbocycles. The molecule has 3 aromatic heterocycles. The van der Waals surface area contributed by atoms with Crippen molar-refractivity contribution in [1.82, 2.24) is 9.97 Å². The van der Waals surface area contributed by atoms with Gasteiger partial charge >= 0.3 is 0 Å². The fourth-order valence-corrected chi connectivity index (χ4v) is 4.98. The maximum absolute atomic E-state index is 8.73. The van der Waals surface area contributed by atoms with Crippen LogP contribution in [0.15, 0.2) is 132 Å². The van der Waals surface area contributed by atoms with Crippen LogP contribution in [0.25, 0.3) is 44.5 Å². The van der Waals surface area contributed by atoms with Crippen LogP contribution in [0.3, 0.4) is 0 Å². The minimum Gasteiger partial charge on any atom is -0.501 e. The molecule has 0 aliphatic carbocycles. The molecule has 0 bridgehead atoms. The molecule has 7 aromatic rings. The van der Waals surface area contributed by atoms with Gasteiger partial charge in [-0.05, 0) is 46.9 Å². The average molecular weight is 739 g/mol. The van der Waals surface area contributed by atoms with Gasteiger partial charge in [-0.15, -0.1) is 53.6 Å². The number of benzene rings is 4. The Balaban J connectivity index is 0.000000175. The van der Waals surface area contributed by atoms with Crippen molar-refractivity contribution in [2.75, 3.05) is 0 Å². The third-order valence-electron chi connectivity index (χ3n) is 7.31. The van der Waals surface area contributed by atoms with Crippen LogP contribution in [-0.2, 0) is 20.1 Å². The number of para-hydroxylation sites is 1. The molecule has 0 fully saturated rings. The molecule has 1 unspecified atom stereocenters. The van der Waals surface area contributed by atoms with Crippen LogP contribution in [0.4, 0.5) is 0 Å². The van der Waals surface area contributed by atoms with Crippen LogP contribution >= 0.6 is 0 Å². The van der Waals surface area contributed by atoms with Gasteiger partial charge in [0.25, 0.3) is 0 Å². The normalized spacial score (nSPS) is 13.2. The van der Waals surface area contributed by atoms with E-state index in [0.717, 1.165) is 61.1 Å². The van der Waals surface area contributed by atoms with Gasteiger partial charge in [0.05, 0.1) is 5.58 Å². The zero-order chi connectivity index (χ0) is 30.7. The molecule has 7 rings (SSSR count). The smallest absolute Gasteiger partial charge is 0.120 e.